The van der Waals surface area contributed by atoms with E-state index in [1.807, 2.05) is 36.7 Å². The third-order valence-corrected chi connectivity index (χ3v) is 3.39. The summed E-state index contributed by atoms with van der Waals surface area (Å²) in [5.74, 6) is 1.00. The SMILES string of the molecule is CCn1ccnc1CNc1ccc(-n2cc[nH]c2=O)cc1. The number of imidazole rings is 2. The molecule has 0 aliphatic carbocycles. The third kappa shape index (κ3) is 2.74. The number of benzene rings is 1. The normalized spacial score (nSPS) is 10.7. The van der Waals surface area contributed by atoms with Crippen LogP contribution < -0.4 is 11.0 Å². The van der Waals surface area contributed by atoms with Gasteiger partial charge in [0.25, 0.3) is 0 Å². The van der Waals surface area contributed by atoms with E-state index in [1.165, 1.54) is 0 Å². The molecule has 0 aliphatic rings. The minimum absolute atomic E-state index is 0.138. The Bertz CT molecular complexity index is 766. The van der Waals surface area contributed by atoms with E-state index in [0.29, 0.717) is 6.54 Å². The van der Waals surface area contributed by atoms with E-state index in [-0.39, 0.29) is 5.69 Å². The van der Waals surface area contributed by atoms with E-state index < -0.39 is 0 Å². The summed E-state index contributed by atoms with van der Waals surface area (Å²) in [5, 5.41) is 3.33. The molecule has 0 aliphatic heterocycles. The number of H-pyrrole nitrogens is 1. The molecule has 0 radical (unpaired) electrons. The van der Waals surface area contributed by atoms with Crippen LogP contribution in [0.25, 0.3) is 5.69 Å². The molecule has 21 heavy (non-hydrogen) atoms. The fourth-order valence-electron chi connectivity index (χ4n) is 2.24. The van der Waals surface area contributed by atoms with Gasteiger partial charge in [-0.3, -0.25) is 4.57 Å². The number of hydrogen-bond donors (Lipinski definition) is 2. The van der Waals surface area contributed by atoms with Gasteiger partial charge in [0.1, 0.15) is 5.82 Å². The topological polar surface area (TPSA) is 67.6 Å². The van der Waals surface area contributed by atoms with Crippen LogP contribution >= 0.6 is 0 Å². The quantitative estimate of drug-likeness (QED) is 0.752. The van der Waals surface area contributed by atoms with Crippen LogP contribution in [-0.2, 0) is 13.1 Å². The van der Waals surface area contributed by atoms with E-state index in [1.54, 1.807) is 17.0 Å². The molecule has 0 amide bonds. The Morgan fingerprint density at radius 1 is 1.24 bits per heavy atom. The Morgan fingerprint density at radius 3 is 2.71 bits per heavy atom. The fourth-order valence-corrected chi connectivity index (χ4v) is 2.24. The lowest BCUT2D eigenvalue weighted by molar-refractivity contribution is 0.708. The van der Waals surface area contributed by atoms with Gasteiger partial charge >= 0.3 is 5.69 Å². The molecule has 0 saturated carbocycles. The van der Waals surface area contributed by atoms with Crippen molar-refractivity contribution in [2.45, 2.75) is 20.0 Å². The molecular formula is C15H17N5O. The van der Waals surface area contributed by atoms with Crippen LogP contribution in [0.2, 0.25) is 0 Å². The highest BCUT2D eigenvalue weighted by molar-refractivity contribution is 5.48. The van der Waals surface area contributed by atoms with Crippen LogP contribution in [0.3, 0.4) is 0 Å². The molecule has 1 aromatic carbocycles. The lowest BCUT2D eigenvalue weighted by atomic mass is 10.2. The second kappa shape index (κ2) is 5.70. The van der Waals surface area contributed by atoms with Gasteiger partial charge in [-0.2, -0.15) is 0 Å². The standard InChI is InChI=1S/C15H17N5O/c1-2-19-9-7-16-14(19)11-18-12-3-5-13(6-4-12)20-10-8-17-15(20)21/h3-10,18H,2,11H2,1H3,(H,17,21). The predicted molar refractivity (Wildman–Crippen MR) is 81.6 cm³/mol. The summed E-state index contributed by atoms with van der Waals surface area (Å²) < 4.78 is 3.66. The van der Waals surface area contributed by atoms with Crippen LogP contribution in [0.5, 0.6) is 0 Å². The van der Waals surface area contributed by atoms with Crippen molar-refractivity contribution in [3.8, 4) is 5.69 Å². The molecule has 2 heterocycles. The monoisotopic (exact) mass is 283 g/mol. The molecule has 0 bridgehead atoms. The molecule has 6 heteroatoms. The van der Waals surface area contributed by atoms with Crippen LogP contribution in [-0.4, -0.2) is 19.1 Å². The number of hydrogen-bond acceptors (Lipinski definition) is 3. The molecule has 0 atom stereocenters. The second-order valence-electron chi connectivity index (χ2n) is 4.67. The molecule has 108 valence electrons. The Morgan fingerprint density at radius 2 is 2.05 bits per heavy atom. The van der Waals surface area contributed by atoms with Gasteiger partial charge in [-0.15, -0.1) is 0 Å². The Labute approximate surface area is 122 Å². The van der Waals surface area contributed by atoms with E-state index in [2.05, 4.69) is 26.8 Å². The van der Waals surface area contributed by atoms with Gasteiger partial charge in [0, 0.05) is 37.0 Å². The molecule has 0 unspecified atom stereocenters. The minimum Gasteiger partial charge on any atom is -0.378 e. The lowest BCUT2D eigenvalue weighted by Gasteiger charge is -2.09. The van der Waals surface area contributed by atoms with Crippen LogP contribution in [0.4, 0.5) is 5.69 Å². The Kier molecular flexibility index (Phi) is 3.59. The van der Waals surface area contributed by atoms with Gasteiger partial charge in [-0.05, 0) is 31.2 Å². The van der Waals surface area contributed by atoms with Gasteiger partial charge in [0.05, 0.1) is 12.2 Å². The summed E-state index contributed by atoms with van der Waals surface area (Å²) in [4.78, 5) is 18.5. The average molecular weight is 283 g/mol. The maximum atomic E-state index is 11.5. The van der Waals surface area contributed by atoms with Crippen molar-refractivity contribution in [2.75, 3.05) is 5.32 Å². The van der Waals surface area contributed by atoms with Crippen LogP contribution in [0.15, 0.2) is 53.8 Å². The molecular weight excluding hydrogens is 266 g/mol. The minimum atomic E-state index is -0.138. The maximum absolute atomic E-state index is 11.5. The second-order valence-corrected chi connectivity index (χ2v) is 4.67. The van der Waals surface area contributed by atoms with Crippen LogP contribution in [0.1, 0.15) is 12.7 Å². The van der Waals surface area contributed by atoms with Crippen LogP contribution in [0, 0.1) is 0 Å². The summed E-state index contributed by atoms with van der Waals surface area (Å²) in [5.41, 5.74) is 1.69. The highest BCUT2D eigenvalue weighted by atomic mass is 16.1. The summed E-state index contributed by atoms with van der Waals surface area (Å²) in [6.07, 6.45) is 7.11. The molecule has 0 spiro atoms. The van der Waals surface area contributed by atoms with Crippen molar-refractivity contribution in [2.24, 2.45) is 0 Å². The number of nitrogens with one attached hydrogen (secondary N) is 2. The molecule has 2 N–H and O–H groups in total. The van der Waals surface area contributed by atoms with Gasteiger partial charge in [-0.1, -0.05) is 0 Å². The smallest absolute Gasteiger partial charge is 0.330 e. The summed E-state index contributed by atoms with van der Waals surface area (Å²) in [6, 6.07) is 7.72. The summed E-state index contributed by atoms with van der Waals surface area (Å²) in [7, 11) is 0. The van der Waals surface area contributed by atoms with E-state index in [9.17, 15) is 4.79 Å². The van der Waals surface area contributed by atoms with E-state index >= 15 is 0 Å². The maximum Gasteiger partial charge on any atom is 0.330 e. The summed E-state index contributed by atoms with van der Waals surface area (Å²) in [6.45, 7) is 3.67. The first-order chi connectivity index (χ1) is 10.3. The van der Waals surface area contributed by atoms with Gasteiger partial charge in [-0.25, -0.2) is 9.78 Å². The number of rotatable bonds is 5. The number of aryl methyl sites for hydroxylation is 1. The zero-order chi connectivity index (χ0) is 14.7. The molecule has 0 saturated heterocycles. The molecule has 0 fully saturated rings. The fraction of sp³-hybridized carbons (Fsp3) is 0.200. The summed E-state index contributed by atoms with van der Waals surface area (Å²) >= 11 is 0. The lowest BCUT2D eigenvalue weighted by Crippen LogP contribution is -2.13. The first-order valence-corrected chi connectivity index (χ1v) is 6.88. The highest BCUT2D eigenvalue weighted by Crippen LogP contribution is 2.13. The molecule has 3 rings (SSSR count). The number of aromatic amines is 1. The zero-order valence-electron chi connectivity index (χ0n) is 11.8. The van der Waals surface area contributed by atoms with Gasteiger partial charge in [0.2, 0.25) is 0 Å². The van der Waals surface area contributed by atoms with Crippen molar-refractivity contribution in [3.63, 3.8) is 0 Å². The highest BCUT2D eigenvalue weighted by Gasteiger charge is 2.02. The van der Waals surface area contributed by atoms with Gasteiger partial charge < -0.3 is 14.9 Å². The predicted octanol–water partition coefficient (Wildman–Crippen LogP) is 1.99. The number of aromatic nitrogens is 4. The Hall–Kier alpha value is -2.76. The molecule has 3 aromatic rings. The van der Waals surface area contributed by atoms with Crippen molar-refractivity contribution < 1.29 is 0 Å². The van der Waals surface area contributed by atoms with Crippen molar-refractivity contribution >= 4 is 5.69 Å². The number of anilines is 1. The van der Waals surface area contributed by atoms with Crippen molar-refractivity contribution in [1.82, 2.24) is 19.1 Å². The largest absolute Gasteiger partial charge is 0.378 e. The average Bonchev–Trinajstić information content (AvgIpc) is 3.14. The third-order valence-electron chi connectivity index (χ3n) is 3.39. The van der Waals surface area contributed by atoms with Crippen molar-refractivity contribution in [1.29, 1.82) is 0 Å². The van der Waals surface area contributed by atoms with E-state index in [0.717, 1.165) is 23.7 Å². The first kappa shape index (κ1) is 13.2. The molecule has 6 nitrogen and oxygen atoms in total. The zero-order valence-corrected chi connectivity index (χ0v) is 11.8. The van der Waals surface area contributed by atoms with Crippen molar-refractivity contribution in [3.05, 3.63) is 65.4 Å². The van der Waals surface area contributed by atoms with E-state index in [4.69, 9.17) is 0 Å². The first-order valence-electron chi connectivity index (χ1n) is 6.88. The van der Waals surface area contributed by atoms with Gasteiger partial charge in [0.15, 0.2) is 0 Å². The number of nitrogens with zero attached hydrogens (tertiary/aromatic N) is 3. The Balaban J connectivity index is 1.70. The molecule has 2 aromatic heterocycles.